The van der Waals surface area contributed by atoms with Crippen molar-refractivity contribution in [3.63, 3.8) is 0 Å². The van der Waals surface area contributed by atoms with Gasteiger partial charge in [-0.05, 0) is 37.9 Å². The second-order valence-corrected chi connectivity index (χ2v) is 8.31. The Morgan fingerprint density at radius 3 is 2.97 bits per heavy atom. The number of hydrogen-bond acceptors (Lipinski definition) is 5. The van der Waals surface area contributed by atoms with E-state index < -0.39 is 0 Å². The number of nitrogens with one attached hydrogen (secondary N) is 1. The van der Waals surface area contributed by atoms with Crippen LogP contribution < -0.4 is 5.32 Å². The van der Waals surface area contributed by atoms with E-state index in [-0.39, 0.29) is 17.8 Å². The van der Waals surface area contributed by atoms with Gasteiger partial charge < -0.3 is 14.8 Å². The van der Waals surface area contributed by atoms with Gasteiger partial charge in [-0.15, -0.1) is 0 Å². The van der Waals surface area contributed by atoms with Crippen LogP contribution in [0.25, 0.3) is 11.3 Å². The van der Waals surface area contributed by atoms with Gasteiger partial charge in [0.1, 0.15) is 12.4 Å². The lowest BCUT2D eigenvalue weighted by molar-refractivity contribution is -0.150. The zero-order valence-corrected chi connectivity index (χ0v) is 17.6. The normalized spacial score (nSPS) is 22.5. The predicted molar refractivity (Wildman–Crippen MR) is 118 cm³/mol. The van der Waals surface area contributed by atoms with E-state index in [1.807, 2.05) is 31.2 Å². The minimum Gasteiger partial charge on any atom is -0.487 e. The van der Waals surface area contributed by atoms with Gasteiger partial charge in [0.25, 0.3) is 5.91 Å². The van der Waals surface area contributed by atoms with Crippen LogP contribution in [0.15, 0.2) is 42.5 Å². The first-order valence-electron chi connectivity index (χ1n) is 10.9. The minimum atomic E-state index is -0.119. The average Bonchev–Trinajstić information content (AvgIpc) is 3.33. The van der Waals surface area contributed by atoms with Crippen LogP contribution in [0.1, 0.15) is 42.0 Å². The number of benzene rings is 2. The lowest BCUT2D eigenvalue weighted by Gasteiger charge is -2.31. The maximum atomic E-state index is 12.6. The topological polar surface area (TPSA) is 67.9 Å². The van der Waals surface area contributed by atoms with E-state index in [9.17, 15) is 9.59 Å². The van der Waals surface area contributed by atoms with Crippen LogP contribution in [0.4, 0.5) is 5.69 Å². The first kappa shape index (κ1) is 19.8. The van der Waals surface area contributed by atoms with Gasteiger partial charge in [-0.1, -0.05) is 36.4 Å². The third-order valence-electron chi connectivity index (χ3n) is 6.22. The molecule has 1 saturated heterocycles. The van der Waals surface area contributed by atoms with Crippen molar-refractivity contribution in [2.75, 3.05) is 25.0 Å². The Labute approximate surface area is 181 Å². The maximum Gasteiger partial charge on any atom is 0.310 e. The predicted octanol–water partition coefficient (Wildman–Crippen LogP) is 3.81. The smallest absolute Gasteiger partial charge is 0.310 e. The Morgan fingerprint density at radius 2 is 2.10 bits per heavy atom. The van der Waals surface area contributed by atoms with Gasteiger partial charge in [-0.2, -0.15) is 0 Å². The Morgan fingerprint density at radius 1 is 1.23 bits per heavy atom. The second-order valence-electron chi connectivity index (χ2n) is 8.31. The monoisotopic (exact) mass is 418 g/mol. The molecule has 2 aromatic rings. The Kier molecular flexibility index (Phi) is 5.24. The number of carbonyl (C=O) groups excluding carboxylic acids is 2. The number of anilines is 1. The van der Waals surface area contributed by atoms with E-state index in [0.717, 1.165) is 54.9 Å². The fourth-order valence-electron chi connectivity index (χ4n) is 4.77. The van der Waals surface area contributed by atoms with Crippen molar-refractivity contribution in [2.24, 2.45) is 5.92 Å². The summed E-state index contributed by atoms with van der Waals surface area (Å²) in [4.78, 5) is 27.0. The largest absolute Gasteiger partial charge is 0.487 e. The van der Waals surface area contributed by atoms with Crippen LogP contribution >= 0.6 is 0 Å². The lowest BCUT2D eigenvalue weighted by Crippen LogP contribution is -2.38. The number of fused-ring (bicyclic) bond motifs is 2. The van der Waals surface area contributed by atoms with E-state index in [1.165, 1.54) is 5.56 Å². The summed E-state index contributed by atoms with van der Waals surface area (Å²) in [7, 11) is 0. The fraction of sp³-hybridized carbons (Fsp3) is 0.360. The quantitative estimate of drug-likeness (QED) is 0.604. The number of nitrogens with zero attached hydrogens (tertiary/aromatic N) is 1. The molecule has 160 valence electrons. The van der Waals surface area contributed by atoms with Crippen molar-refractivity contribution in [1.82, 2.24) is 4.90 Å². The molecular formula is C25H26N2O4. The summed E-state index contributed by atoms with van der Waals surface area (Å²) in [5, 5.41) is 2.92. The van der Waals surface area contributed by atoms with Gasteiger partial charge in [0.2, 0.25) is 0 Å². The fourth-order valence-corrected chi connectivity index (χ4v) is 4.77. The molecule has 31 heavy (non-hydrogen) atoms. The molecule has 2 aromatic carbocycles. The van der Waals surface area contributed by atoms with Crippen LogP contribution in [0.2, 0.25) is 0 Å². The zero-order valence-electron chi connectivity index (χ0n) is 17.6. The van der Waals surface area contributed by atoms with Gasteiger partial charge >= 0.3 is 5.97 Å². The molecule has 3 heterocycles. The van der Waals surface area contributed by atoms with Crippen LogP contribution in [-0.4, -0.2) is 36.5 Å². The lowest BCUT2D eigenvalue weighted by atomic mass is 9.96. The molecular weight excluding hydrogens is 392 g/mol. The minimum absolute atomic E-state index is 0.0382. The molecule has 0 aromatic heterocycles. The number of likely N-dealkylation sites (tertiary alicyclic amines) is 1. The first-order valence-corrected chi connectivity index (χ1v) is 10.9. The van der Waals surface area contributed by atoms with E-state index >= 15 is 0 Å². The van der Waals surface area contributed by atoms with Gasteiger partial charge in [0.15, 0.2) is 0 Å². The Balaban J connectivity index is 1.36. The highest BCUT2D eigenvalue weighted by Gasteiger charge is 2.32. The van der Waals surface area contributed by atoms with Gasteiger partial charge in [0.05, 0.1) is 18.1 Å². The number of esters is 1. The second kappa shape index (κ2) is 8.19. The van der Waals surface area contributed by atoms with Crippen molar-refractivity contribution < 1.29 is 19.1 Å². The number of carbonyl (C=O) groups is 2. The van der Waals surface area contributed by atoms with Crippen molar-refractivity contribution in [2.45, 2.75) is 32.9 Å². The highest BCUT2D eigenvalue weighted by atomic mass is 16.5. The molecule has 0 saturated carbocycles. The molecule has 6 nitrogen and oxygen atoms in total. The Bertz CT molecular complexity index is 1070. The standard InChI is InChI=1S/C25H26N2O4/c1-2-30-25(29)17-6-5-11-27(14-17)13-16-9-10-19-18(12-16)15-31-23(19)22-20-7-3-4-8-21(20)26-24(22)28/h3-4,7-10,12,17H,2,5-6,11,13-15H2,1H3,(H,26,28). The van der Waals surface area contributed by atoms with Gasteiger partial charge in [-0.3, -0.25) is 14.5 Å². The van der Waals surface area contributed by atoms with Crippen LogP contribution in [0.3, 0.4) is 0 Å². The number of rotatable bonds is 4. The molecule has 0 spiro atoms. The number of hydrogen-bond donors (Lipinski definition) is 1. The van der Waals surface area contributed by atoms with Crippen LogP contribution in [0.5, 0.6) is 0 Å². The summed E-state index contributed by atoms with van der Waals surface area (Å²) in [6.45, 7) is 5.25. The third kappa shape index (κ3) is 3.72. The van der Waals surface area contributed by atoms with Gasteiger partial charge in [-0.25, -0.2) is 0 Å². The molecule has 0 radical (unpaired) electrons. The molecule has 3 aliphatic rings. The third-order valence-corrected chi connectivity index (χ3v) is 6.22. The molecule has 1 amide bonds. The number of amides is 1. The van der Waals surface area contributed by atoms with E-state index in [0.29, 0.717) is 24.5 Å². The zero-order chi connectivity index (χ0) is 21.4. The Hall–Kier alpha value is -3.12. The number of para-hydroxylation sites is 1. The summed E-state index contributed by atoms with van der Waals surface area (Å²) in [5.74, 6) is 0.417. The molecule has 1 atom stereocenters. The SMILES string of the molecule is CCOC(=O)C1CCCN(Cc2ccc3c(c2)COC3=C2C(=O)Nc3ccccc32)C1. The summed E-state index contributed by atoms with van der Waals surface area (Å²) < 4.78 is 11.2. The summed E-state index contributed by atoms with van der Waals surface area (Å²) in [6.07, 6.45) is 1.90. The molecule has 3 aliphatic heterocycles. The number of ether oxygens (including phenoxy) is 2. The van der Waals surface area contributed by atoms with Crippen molar-refractivity contribution >= 4 is 28.9 Å². The van der Waals surface area contributed by atoms with Crippen molar-refractivity contribution in [1.29, 1.82) is 0 Å². The molecule has 5 rings (SSSR count). The molecule has 0 bridgehead atoms. The van der Waals surface area contributed by atoms with Gasteiger partial charge in [0, 0.05) is 35.5 Å². The summed E-state index contributed by atoms with van der Waals surface area (Å²) >= 11 is 0. The maximum absolute atomic E-state index is 12.6. The average molecular weight is 418 g/mol. The molecule has 1 unspecified atom stereocenters. The highest BCUT2D eigenvalue weighted by Crippen LogP contribution is 2.41. The van der Waals surface area contributed by atoms with Crippen molar-refractivity contribution in [3.8, 4) is 0 Å². The van der Waals surface area contributed by atoms with Crippen LogP contribution in [0, 0.1) is 5.92 Å². The molecule has 1 N–H and O–H groups in total. The summed E-state index contributed by atoms with van der Waals surface area (Å²) in [6, 6.07) is 14.0. The summed E-state index contributed by atoms with van der Waals surface area (Å²) in [5.41, 5.74) is 5.58. The van der Waals surface area contributed by atoms with E-state index in [2.05, 4.69) is 28.4 Å². The van der Waals surface area contributed by atoms with E-state index in [1.54, 1.807) is 0 Å². The molecule has 0 aliphatic carbocycles. The molecule has 6 heteroatoms. The molecule has 1 fully saturated rings. The van der Waals surface area contributed by atoms with E-state index in [4.69, 9.17) is 9.47 Å². The highest BCUT2D eigenvalue weighted by molar-refractivity contribution is 6.36. The van der Waals surface area contributed by atoms with Crippen LogP contribution in [-0.2, 0) is 32.2 Å². The number of piperidine rings is 1. The first-order chi connectivity index (χ1) is 15.1. The van der Waals surface area contributed by atoms with Crippen molar-refractivity contribution in [3.05, 3.63) is 64.7 Å².